The number of hydrogen-bond acceptors (Lipinski definition) is 2. The van der Waals surface area contributed by atoms with Crippen LogP contribution in [0, 0.1) is 28.6 Å². The summed E-state index contributed by atoms with van der Waals surface area (Å²) in [5, 5.41) is 20.1. The molecule has 0 unspecified atom stereocenters. The second-order valence-corrected chi connectivity index (χ2v) is 8.50. The molecule has 2 nitrogen and oxygen atoms in total. The van der Waals surface area contributed by atoms with Crippen LogP contribution < -0.4 is 0 Å². The molecule has 0 aliphatic heterocycles. The predicted molar refractivity (Wildman–Crippen MR) is 83.5 cm³/mol. The van der Waals surface area contributed by atoms with Crippen LogP contribution >= 0.6 is 0 Å². The first kappa shape index (κ1) is 14.3. The Morgan fingerprint density at radius 3 is 2.71 bits per heavy atom. The zero-order valence-electron chi connectivity index (χ0n) is 13.4. The lowest BCUT2D eigenvalue weighted by Gasteiger charge is -2.57. The van der Waals surface area contributed by atoms with Gasteiger partial charge in [-0.05, 0) is 74.5 Å². The maximum atomic E-state index is 10.1. The summed E-state index contributed by atoms with van der Waals surface area (Å²) >= 11 is 0. The van der Waals surface area contributed by atoms with Gasteiger partial charge in [0.25, 0.3) is 0 Å². The van der Waals surface area contributed by atoms with Gasteiger partial charge < -0.3 is 10.2 Å². The molecule has 0 bridgehead atoms. The van der Waals surface area contributed by atoms with Gasteiger partial charge in [-0.1, -0.05) is 31.4 Å². The van der Waals surface area contributed by atoms with E-state index in [1.165, 1.54) is 51.4 Å². The Hall–Kier alpha value is -0.340. The molecule has 0 saturated heterocycles. The van der Waals surface area contributed by atoms with Crippen LogP contribution in [0.3, 0.4) is 0 Å². The highest BCUT2D eigenvalue weighted by Gasteiger charge is 2.58. The van der Waals surface area contributed by atoms with Gasteiger partial charge in [0.05, 0.1) is 0 Å². The van der Waals surface area contributed by atoms with Gasteiger partial charge in [0.15, 0.2) is 6.29 Å². The average Bonchev–Trinajstić information content (AvgIpc) is 2.92. The molecule has 0 radical (unpaired) electrons. The lowest BCUT2D eigenvalue weighted by molar-refractivity contribution is -0.186. The van der Waals surface area contributed by atoms with Crippen molar-refractivity contribution in [3.63, 3.8) is 0 Å². The normalized spacial score (nSPS) is 49.3. The molecular weight excluding hydrogens is 260 g/mol. The maximum absolute atomic E-state index is 10.1. The van der Waals surface area contributed by atoms with Gasteiger partial charge in [0, 0.05) is 5.41 Å². The summed E-state index contributed by atoms with van der Waals surface area (Å²) in [5.41, 5.74) is 2.00. The van der Waals surface area contributed by atoms with Gasteiger partial charge in [-0.3, -0.25) is 0 Å². The lowest BCUT2D eigenvalue weighted by atomic mass is 9.48. The van der Waals surface area contributed by atoms with Crippen molar-refractivity contribution in [1.82, 2.24) is 0 Å². The van der Waals surface area contributed by atoms with E-state index in [0.717, 1.165) is 18.8 Å². The van der Waals surface area contributed by atoms with Crippen molar-refractivity contribution < 1.29 is 10.2 Å². The van der Waals surface area contributed by atoms with Crippen LogP contribution in [0.25, 0.3) is 0 Å². The highest BCUT2D eigenvalue weighted by molar-refractivity contribution is 5.24. The van der Waals surface area contributed by atoms with Crippen LogP contribution in [0.1, 0.15) is 71.1 Å². The molecular formula is C19H30O2. The quantitative estimate of drug-likeness (QED) is 0.565. The summed E-state index contributed by atoms with van der Waals surface area (Å²) in [6.45, 7) is 2.52. The third-order valence-corrected chi connectivity index (χ3v) is 7.95. The van der Waals surface area contributed by atoms with Crippen LogP contribution in [0.2, 0.25) is 0 Å². The average molecular weight is 290 g/mol. The van der Waals surface area contributed by atoms with E-state index in [9.17, 15) is 10.2 Å². The number of aliphatic hydroxyl groups is 2. The lowest BCUT2D eigenvalue weighted by Crippen LogP contribution is -2.52. The Balaban J connectivity index is 1.69. The zero-order valence-corrected chi connectivity index (χ0v) is 13.4. The third kappa shape index (κ3) is 1.84. The second kappa shape index (κ2) is 4.83. The van der Waals surface area contributed by atoms with Crippen molar-refractivity contribution >= 4 is 0 Å². The number of hydrogen-bond donors (Lipinski definition) is 2. The van der Waals surface area contributed by atoms with Crippen molar-refractivity contribution in [2.75, 3.05) is 0 Å². The largest absolute Gasteiger partial charge is 0.368 e. The second-order valence-electron chi connectivity index (χ2n) is 8.50. The van der Waals surface area contributed by atoms with Crippen molar-refractivity contribution in [1.29, 1.82) is 0 Å². The first-order valence-corrected chi connectivity index (χ1v) is 9.13. The molecule has 3 fully saturated rings. The fourth-order valence-corrected chi connectivity index (χ4v) is 6.85. The summed E-state index contributed by atoms with van der Waals surface area (Å²) in [6, 6.07) is 0. The number of allylic oxidation sites excluding steroid dienone is 2. The molecule has 4 rings (SSSR count). The Morgan fingerprint density at radius 1 is 1.05 bits per heavy atom. The standard InChI is InChI=1S/C19H30O2/c1-18-10-3-2-5-13(18)7-8-14-15(18)9-12-19(17(20)21)11-4-6-16(14)19/h7,14-17,20-21H,2-6,8-12H2,1H3/t14-,15+,16+,18+,19-/m1/s1. The van der Waals surface area contributed by atoms with E-state index in [0.29, 0.717) is 17.3 Å². The molecule has 2 heteroatoms. The molecule has 0 aromatic heterocycles. The minimum Gasteiger partial charge on any atom is -0.368 e. The molecule has 5 atom stereocenters. The van der Waals surface area contributed by atoms with E-state index in [-0.39, 0.29) is 5.41 Å². The van der Waals surface area contributed by atoms with Gasteiger partial charge in [0.1, 0.15) is 0 Å². The first-order valence-electron chi connectivity index (χ1n) is 9.13. The summed E-state index contributed by atoms with van der Waals surface area (Å²) in [4.78, 5) is 0. The summed E-state index contributed by atoms with van der Waals surface area (Å²) in [6.07, 6.45) is 13.8. The van der Waals surface area contributed by atoms with Crippen LogP contribution in [0.4, 0.5) is 0 Å². The SMILES string of the molecule is C[C@]12CCCCC1=CC[C@H]1[C@@H]3CCC[C@@]3(C(O)O)CC[C@@H]12. The minimum atomic E-state index is -1.10. The fourth-order valence-electron chi connectivity index (χ4n) is 6.85. The molecule has 21 heavy (non-hydrogen) atoms. The van der Waals surface area contributed by atoms with Crippen molar-refractivity contribution in [3.8, 4) is 0 Å². The third-order valence-electron chi connectivity index (χ3n) is 7.95. The zero-order chi connectivity index (χ0) is 14.7. The highest BCUT2D eigenvalue weighted by atomic mass is 16.5. The predicted octanol–water partition coefficient (Wildman–Crippen LogP) is 4.02. The summed E-state index contributed by atoms with van der Waals surface area (Å²) in [5.74, 6) is 2.05. The molecule has 0 aromatic carbocycles. The van der Waals surface area contributed by atoms with Crippen molar-refractivity contribution in [2.24, 2.45) is 28.6 Å². The topological polar surface area (TPSA) is 40.5 Å². The van der Waals surface area contributed by atoms with Gasteiger partial charge in [-0.25, -0.2) is 0 Å². The molecule has 0 heterocycles. The number of fused-ring (bicyclic) bond motifs is 5. The molecule has 2 N–H and O–H groups in total. The molecule has 0 aromatic rings. The van der Waals surface area contributed by atoms with E-state index in [1.807, 2.05) is 0 Å². The molecule has 3 saturated carbocycles. The Morgan fingerprint density at radius 2 is 1.90 bits per heavy atom. The molecule has 0 spiro atoms. The monoisotopic (exact) mass is 290 g/mol. The van der Waals surface area contributed by atoms with E-state index in [2.05, 4.69) is 13.0 Å². The Kier molecular flexibility index (Phi) is 3.28. The van der Waals surface area contributed by atoms with Gasteiger partial charge >= 0.3 is 0 Å². The Labute approximate surface area is 128 Å². The maximum Gasteiger partial charge on any atom is 0.157 e. The van der Waals surface area contributed by atoms with Gasteiger partial charge in [-0.2, -0.15) is 0 Å². The fraction of sp³-hybridized carbons (Fsp3) is 0.895. The molecule has 4 aliphatic carbocycles. The van der Waals surface area contributed by atoms with Crippen LogP contribution in [-0.2, 0) is 0 Å². The van der Waals surface area contributed by atoms with E-state index < -0.39 is 6.29 Å². The minimum absolute atomic E-state index is 0.169. The van der Waals surface area contributed by atoms with Crippen LogP contribution in [0.15, 0.2) is 11.6 Å². The van der Waals surface area contributed by atoms with Crippen molar-refractivity contribution in [2.45, 2.75) is 77.4 Å². The van der Waals surface area contributed by atoms with Gasteiger partial charge in [0.2, 0.25) is 0 Å². The summed E-state index contributed by atoms with van der Waals surface area (Å²) < 4.78 is 0. The van der Waals surface area contributed by atoms with Crippen LogP contribution in [-0.4, -0.2) is 16.5 Å². The van der Waals surface area contributed by atoms with E-state index >= 15 is 0 Å². The van der Waals surface area contributed by atoms with Crippen LogP contribution in [0.5, 0.6) is 0 Å². The first-order chi connectivity index (χ1) is 10.1. The van der Waals surface area contributed by atoms with E-state index in [4.69, 9.17) is 0 Å². The Bertz CT molecular complexity index is 454. The number of rotatable bonds is 1. The molecule has 4 aliphatic rings. The van der Waals surface area contributed by atoms with Crippen molar-refractivity contribution in [3.05, 3.63) is 11.6 Å². The molecule has 118 valence electrons. The van der Waals surface area contributed by atoms with Gasteiger partial charge in [-0.15, -0.1) is 0 Å². The summed E-state index contributed by atoms with van der Waals surface area (Å²) in [7, 11) is 0. The van der Waals surface area contributed by atoms with E-state index in [1.54, 1.807) is 5.57 Å². The molecule has 0 amide bonds. The highest BCUT2D eigenvalue weighted by Crippen LogP contribution is 2.65. The smallest absolute Gasteiger partial charge is 0.157 e. The number of aliphatic hydroxyl groups excluding tert-OH is 1.